The van der Waals surface area contributed by atoms with Gasteiger partial charge in [-0.15, -0.1) is 0 Å². The van der Waals surface area contributed by atoms with Crippen LogP contribution in [0.1, 0.15) is 50.0 Å². The SMILES string of the molecule is CCCOc1c(I)cc(C=NNC(=O)C(NC(=O)c2ccccc2F)C(C)C)cc1OCC. The van der Waals surface area contributed by atoms with Crippen LogP contribution in [0.25, 0.3) is 0 Å². The van der Waals surface area contributed by atoms with Crippen molar-refractivity contribution >= 4 is 40.6 Å². The molecule has 0 aromatic heterocycles. The summed E-state index contributed by atoms with van der Waals surface area (Å²) in [4.78, 5) is 25.1. The van der Waals surface area contributed by atoms with Gasteiger partial charge in [0, 0.05) is 0 Å². The van der Waals surface area contributed by atoms with E-state index in [0.29, 0.717) is 30.3 Å². The first kappa shape index (κ1) is 26.6. The van der Waals surface area contributed by atoms with Gasteiger partial charge in [0.25, 0.3) is 11.8 Å². The molecule has 1 atom stereocenters. The van der Waals surface area contributed by atoms with Crippen molar-refractivity contribution in [3.05, 3.63) is 56.9 Å². The predicted octanol–water partition coefficient (Wildman–Crippen LogP) is 4.52. The number of carbonyl (C=O) groups is 2. The van der Waals surface area contributed by atoms with E-state index < -0.39 is 23.7 Å². The van der Waals surface area contributed by atoms with Crippen molar-refractivity contribution in [3.63, 3.8) is 0 Å². The number of amides is 2. The lowest BCUT2D eigenvalue weighted by Crippen LogP contribution is -2.48. The fraction of sp³-hybridized carbons (Fsp3) is 0.375. The zero-order valence-electron chi connectivity index (χ0n) is 19.2. The van der Waals surface area contributed by atoms with Crippen LogP contribution in [-0.4, -0.2) is 37.3 Å². The van der Waals surface area contributed by atoms with Crippen molar-refractivity contribution in [1.29, 1.82) is 0 Å². The highest BCUT2D eigenvalue weighted by molar-refractivity contribution is 14.1. The molecule has 0 aliphatic rings. The van der Waals surface area contributed by atoms with Crippen molar-refractivity contribution in [1.82, 2.24) is 10.7 Å². The summed E-state index contributed by atoms with van der Waals surface area (Å²) in [6, 6.07) is 8.37. The fourth-order valence-corrected chi connectivity index (χ4v) is 3.69. The summed E-state index contributed by atoms with van der Waals surface area (Å²) >= 11 is 2.16. The summed E-state index contributed by atoms with van der Waals surface area (Å²) in [7, 11) is 0. The molecule has 0 radical (unpaired) electrons. The number of ether oxygens (including phenoxy) is 2. The van der Waals surface area contributed by atoms with E-state index in [9.17, 15) is 14.0 Å². The molecule has 0 aliphatic carbocycles. The Kier molecular flexibility index (Phi) is 10.6. The lowest BCUT2D eigenvalue weighted by Gasteiger charge is -2.20. The van der Waals surface area contributed by atoms with E-state index in [1.807, 2.05) is 19.9 Å². The average Bonchev–Trinajstić information content (AvgIpc) is 2.77. The molecule has 2 aromatic carbocycles. The van der Waals surface area contributed by atoms with Crippen LogP contribution in [0.3, 0.4) is 0 Å². The summed E-state index contributed by atoms with van der Waals surface area (Å²) < 4.78 is 26.2. The van der Waals surface area contributed by atoms with E-state index in [1.54, 1.807) is 26.0 Å². The number of hydrazone groups is 1. The van der Waals surface area contributed by atoms with Gasteiger partial charge in [0.2, 0.25) is 0 Å². The minimum absolute atomic E-state index is 0.122. The number of hydrogen-bond donors (Lipinski definition) is 2. The Balaban J connectivity index is 2.11. The third-order valence-electron chi connectivity index (χ3n) is 4.52. The third-order valence-corrected chi connectivity index (χ3v) is 5.33. The minimum atomic E-state index is -0.891. The molecule has 0 saturated carbocycles. The highest BCUT2D eigenvalue weighted by atomic mass is 127. The number of nitrogens with zero attached hydrogens (tertiary/aromatic N) is 1. The van der Waals surface area contributed by atoms with Crippen LogP contribution in [0, 0.1) is 15.3 Å². The summed E-state index contributed by atoms with van der Waals surface area (Å²) in [6.07, 6.45) is 2.36. The highest BCUT2D eigenvalue weighted by Crippen LogP contribution is 2.34. The standard InChI is InChI=1S/C24H29FIN3O4/c1-5-11-33-22-19(26)12-16(13-20(22)32-6-2)14-27-29-24(31)21(15(3)4)28-23(30)17-9-7-8-10-18(17)25/h7-10,12-15,21H,5-6,11H2,1-4H3,(H,28,30)(H,29,31). The molecule has 7 nitrogen and oxygen atoms in total. The van der Waals surface area contributed by atoms with E-state index in [1.165, 1.54) is 24.4 Å². The first-order valence-corrected chi connectivity index (χ1v) is 11.8. The second kappa shape index (κ2) is 13.1. The summed E-state index contributed by atoms with van der Waals surface area (Å²) in [5, 5.41) is 6.61. The molecule has 0 fully saturated rings. The molecule has 0 spiro atoms. The van der Waals surface area contributed by atoms with Crippen molar-refractivity contribution in [3.8, 4) is 11.5 Å². The van der Waals surface area contributed by atoms with Gasteiger partial charge in [0.05, 0.1) is 28.6 Å². The summed E-state index contributed by atoms with van der Waals surface area (Å²) in [6.45, 7) is 8.53. The smallest absolute Gasteiger partial charge is 0.262 e. The van der Waals surface area contributed by atoms with Gasteiger partial charge < -0.3 is 14.8 Å². The Bertz CT molecular complexity index is 998. The maximum Gasteiger partial charge on any atom is 0.262 e. The molecule has 0 saturated heterocycles. The van der Waals surface area contributed by atoms with Crippen LogP contribution in [0.15, 0.2) is 41.5 Å². The lowest BCUT2D eigenvalue weighted by atomic mass is 10.0. The normalized spacial score (nSPS) is 12.0. The van der Waals surface area contributed by atoms with Gasteiger partial charge >= 0.3 is 0 Å². The highest BCUT2D eigenvalue weighted by Gasteiger charge is 2.25. The molecule has 1 unspecified atom stereocenters. The van der Waals surface area contributed by atoms with Crippen LogP contribution >= 0.6 is 22.6 Å². The first-order valence-electron chi connectivity index (χ1n) is 10.8. The summed E-state index contributed by atoms with van der Waals surface area (Å²) in [5.74, 6) is -0.782. The van der Waals surface area contributed by atoms with Gasteiger partial charge in [0.15, 0.2) is 11.5 Å². The third kappa shape index (κ3) is 7.69. The van der Waals surface area contributed by atoms with Crippen LogP contribution in [0.5, 0.6) is 11.5 Å². The molecule has 0 heterocycles. The number of rotatable bonds is 11. The first-order chi connectivity index (χ1) is 15.8. The molecule has 178 valence electrons. The van der Waals surface area contributed by atoms with Crippen molar-refractivity contribution in [2.24, 2.45) is 11.0 Å². The minimum Gasteiger partial charge on any atom is -0.490 e. The van der Waals surface area contributed by atoms with Crippen LogP contribution in [-0.2, 0) is 4.79 Å². The number of benzene rings is 2. The van der Waals surface area contributed by atoms with Gasteiger partial charge in [-0.1, -0.05) is 32.9 Å². The monoisotopic (exact) mass is 569 g/mol. The fourth-order valence-electron chi connectivity index (χ4n) is 2.91. The molecule has 2 rings (SSSR count). The van der Waals surface area contributed by atoms with E-state index in [4.69, 9.17) is 9.47 Å². The molecular formula is C24H29FIN3O4. The van der Waals surface area contributed by atoms with Gasteiger partial charge in [-0.3, -0.25) is 9.59 Å². The van der Waals surface area contributed by atoms with Gasteiger partial charge in [-0.05, 0) is 71.7 Å². The van der Waals surface area contributed by atoms with E-state index >= 15 is 0 Å². The van der Waals surface area contributed by atoms with Gasteiger partial charge in [-0.25, -0.2) is 9.82 Å². The second-order valence-electron chi connectivity index (χ2n) is 7.52. The van der Waals surface area contributed by atoms with Crippen LogP contribution in [0.2, 0.25) is 0 Å². The van der Waals surface area contributed by atoms with Crippen molar-refractivity contribution in [2.75, 3.05) is 13.2 Å². The molecule has 0 bridgehead atoms. The Labute approximate surface area is 207 Å². The Hall–Kier alpha value is -2.69. The quantitative estimate of drug-likeness (QED) is 0.237. The van der Waals surface area contributed by atoms with Crippen LogP contribution in [0.4, 0.5) is 4.39 Å². The van der Waals surface area contributed by atoms with Gasteiger partial charge in [0.1, 0.15) is 11.9 Å². The van der Waals surface area contributed by atoms with E-state index in [-0.39, 0.29) is 11.5 Å². The largest absolute Gasteiger partial charge is 0.490 e. The zero-order chi connectivity index (χ0) is 24.4. The summed E-state index contributed by atoms with van der Waals surface area (Å²) in [5.41, 5.74) is 3.04. The number of carbonyl (C=O) groups excluding carboxylic acids is 2. The molecule has 2 aromatic rings. The van der Waals surface area contributed by atoms with Crippen molar-refractivity contribution in [2.45, 2.75) is 40.2 Å². The zero-order valence-corrected chi connectivity index (χ0v) is 21.3. The van der Waals surface area contributed by atoms with Gasteiger partial charge in [-0.2, -0.15) is 5.10 Å². The van der Waals surface area contributed by atoms with E-state index in [0.717, 1.165) is 9.99 Å². The molecule has 0 aliphatic heterocycles. The number of nitrogens with one attached hydrogen (secondary N) is 2. The van der Waals surface area contributed by atoms with Crippen molar-refractivity contribution < 1.29 is 23.5 Å². The topological polar surface area (TPSA) is 89.0 Å². The molecule has 2 N–H and O–H groups in total. The molecule has 9 heteroatoms. The molecule has 33 heavy (non-hydrogen) atoms. The average molecular weight is 569 g/mol. The predicted molar refractivity (Wildman–Crippen MR) is 134 cm³/mol. The Morgan fingerprint density at radius 1 is 1.18 bits per heavy atom. The molecular weight excluding hydrogens is 540 g/mol. The lowest BCUT2D eigenvalue weighted by molar-refractivity contribution is -0.123. The maximum atomic E-state index is 13.9. The van der Waals surface area contributed by atoms with Crippen LogP contribution < -0.4 is 20.2 Å². The number of hydrogen-bond acceptors (Lipinski definition) is 5. The Morgan fingerprint density at radius 3 is 2.55 bits per heavy atom. The second-order valence-corrected chi connectivity index (χ2v) is 8.68. The van der Waals surface area contributed by atoms with E-state index in [2.05, 4.69) is 38.4 Å². The maximum absolute atomic E-state index is 13.9. The Morgan fingerprint density at radius 2 is 1.91 bits per heavy atom. The number of halogens is 2. The molecule has 2 amide bonds.